The molecule has 1 amide bonds. The SMILES string of the molecule is COCCN(c1cc2c(cc1N)CC(=O)N2)C(C)C. The minimum absolute atomic E-state index is 0.0274. The predicted molar refractivity (Wildman–Crippen MR) is 77.5 cm³/mol. The van der Waals surface area contributed by atoms with Crippen LogP contribution in [0.15, 0.2) is 12.1 Å². The maximum absolute atomic E-state index is 11.4. The zero-order chi connectivity index (χ0) is 14.0. The number of rotatable bonds is 5. The highest BCUT2D eigenvalue weighted by Crippen LogP contribution is 2.34. The second-order valence-electron chi connectivity index (χ2n) is 5.07. The first-order valence-corrected chi connectivity index (χ1v) is 6.50. The molecule has 0 spiro atoms. The van der Waals surface area contributed by atoms with E-state index < -0.39 is 0 Å². The number of nitrogen functional groups attached to an aromatic ring is 1. The monoisotopic (exact) mass is 263 g/mol. The van der Waals surface area contributed by atoms with Gasteiger partial charge in [-0.1, -0.05) is 0 Å². The van der Waals surface area contributed by atoms with E-state index in [4.69, 9.17) is 10.5 Å². The molecule has 104 valence electrons. The zero-order valence-electron chi connectivity index (χ0n) is 11.7. The number of hydrogen-bond acceptors (Lipinski definition) is 4. The Morgan fingerprint density at radius 2 is 2.21 bits per heavy atom. The molecular weight excluding hydrogens is 242 g/mol. The number of fused-ring (bicyclic) bond motifs is 1. The van der Waals surface area contributed by atoms with Crippen molar-refractivity contribution in [1.29, 1.82) is 0 Å². The molecule has 0 bridgehead atoms. The summed E-state index contributed by atoms with van der Waals surface area (Å²) < 4.78 is 5.14. The highest BCUT2D eigenvalue weighted by atomic mass is 16.5. The van der Waals surface area contributed by atoms with Gasteiger partial charge >= 0.3 is 0 Å². The largest absolute Gasteiger partial charge is 0.397 e. The fourth-order valence-electron chi connectivity index (χ4n) is 2.38. The Kier molecular flexibility index (Phi) is 3.95. The molecule has 0 fully saturated rings. The molecule has 3 N–H and O–H groups in total. The van der Waals surface area contributed by atoms with Gasteiger partial charge in [-0.25, -0.2) is 0 Å². The third kappa shape index (κ3) is 2.81. The molecule has 1 aromatic rings. The van der Waals surface area contributed by atoms with Crippen molar-refractivity contribution >= 4 is 23.0 Å². The minimum Gasteiger partial charge on any atom is -0.397 e. The summed E-state index contributed by atoms with van der Waals surface area (Å²) in [6.45, 7) is 5.63. The van der Waals surface area contributed by atoms with E-state index in [0.717, 1.165) is 23.5 Å². The van der Waals surface area contributed by atoms with Crippen LogP contribution in [0.4, 0.5) is 17.1 Å². The van der Waals surface area contributed by atoms with Crippen molar-refractivity contribution in [3.63, 3.8) is 0 Å². The molecule has 1 aromatic carbocycles. The second-order valence-corrected chi connectivity index (χ2v) is 5.07. The summed E-state index contributed by atoms with van der Waals surface area (Å²) in [6.07, 6.45) is 0.416. The van der Waals surface area contributed by atoms with Crippen molar-refractivity contribution in [3.05, 3.63) is 17.7 Å². The van der Waals surface area contributed by atoms with Gasteiger partial charge in [0.2, 0.25) is 5.91 Å². The van der Waals surface area contributed by atoms with E-state index in [-0.39, 0.29) is 5.91 Å². The van der Waals surface area contributed by atoms with Gasteiger partial charge in [-0.3, -0.25) is 4.79 Å². The highest BCUT2D eigenvalue weighted by Gasteiger charge is 2.22. The first-order chi connectivity index (χ1) is 9.02. The van der Waals surface area contributed by atoms with Crippen LogP contribution < -0.4 is 16.0 Å². The van der Waals surface area contributed by atoms with Crippen molar-refractivity contribution in [2.24, 2.45) is 0 Å². The summed E-state index contributed by atoms with van der Waals surface area (Å²) >= 11 is 0. The van der Waals surface area contributed by atoms with E-state index in [1.165, 1.54) is 0 Å². The molecule has 0 saturated heterocycles. The van der Waals surface area contributed by atoms with E-state index >= 15 is 0 Å². The average Bonchev–Trinajstić information content (AvgIpc) is 2.68. The van der Waals surface area contributed by atoms with Crippen molar-refractivity contribution < 1.29 is 9.53 Å². The minimum atomic E-state index is 0.0274. The molecule has 0 atom stereocenters. The fourth-order valence-corrected chi connectivity index (χ4v) is 2.38. The number of amides is 1. The standard InChI is InChI=1S/C14H21N3O2/c1-9(2)17(4-5-19-3)13-8-12-10(6-11(13)15)7-14(18)16-12/h6,8-9H,4-5,7,15H2,1-3H3,(H,16,18). The van der Waals surface area contributed by atoms with Gasteiger partial charge in [-0.15, -0.1) is 0 Å². The molecule has 0 aliphatic carbocycles. The Labute approximate surface area is 113 Å². The topological polar surface area (TPSA) is 67.6 Å². The molecule has 0 unspecified atom stereocenters. The van der Waals surface area contributed by atoms with Gasteiger partial charge in [-0.05, 0) is 31.5 Å². The van der Waals surface area contributed by atoms with Crippen LogP contribution >= 0.6 is 0 Å². The molecule has 5 nitrogen and oxygen atoms in total. The number of nitrogens with one attached hydrogen (secondary N) is 1. The van der Waals surface area contributed by atoms with Crippen LogP contribution in [-0.4, -0.2) is 32.2 Å². The van der Waals surface area contributed by atoms with Gasteiger partial charge in [0.05, 0.1) is 24.4 Å². The first kappa shape index (κ1) is 13.7. The fraction of sp³-hybridized carbons (Fsp3) is 0.500. The smallest absolute Gasteiger partial charge is 0.228 e. The predicted octanol–water partition coefficient (Wildman–Crippen LogP) is 1.62. The molecule has 0 aromatic heterocycles. The van der Waals surface area contributed by atoms with Gasteiger partial charge in [0.1, 0.15) is 0 Å². The molecule has 0 radical (unpaired) electrons. The van der Waals surface area contributed by atoms with Crippen LogP contribution in [-0.2, 0) is 16.0 Å². The van der Waals surface area contributed by atoms with E-state index in [0.29, 0.717) is 24.8 Å². The number of carbonyl (C=O) groups excluding carboxylic acids is 1. The number of anilines is 3. The lowest BCUT2D eigenvalue weighted by Gasteiger charge is -2.30. The number of nitrogens with zero attached hydrogens (tertiary/aromatic N) is 1. The quantitative estimate of drug-likeness (QED) is 0.792. The van der Waals surface area contributed by atoms with E-state index in [2.05, 4.69) is 24.1 Å². The van der Waals surface area contributed by atoms with Crippen LogP contribution in [0.3, 0.4) is 0 Å². The Bertz CT molecular complexity index is 486. The number of methoxy groups -OCH3 is 1. The van der Waals surface area contributed by atoms with Crippen LogP contribution in [0.5, 0.6) is 0 Å². The summed E-state index contributed by atoms with van der Waals surface area (Å²) in [4.78, 5) is 13.6. The summed E-state index contributed by atoms with van der Waals surface area (Å²) in [5.41, 5.74) is 9.63. The van der Waals surface area contributed by atoms with Crippen LogP contribution in [0.1, 0.15) is 19.4 Å². The first-order valence-electron chi connectivity index (χ1n) is 6.50. The molecular formula is C14H21N3O2. The van der Waals surface area contributed by atoms with Gasteiger partial charge < -0.3 is 20.7 Å². The third-order valence-electron chi connectivity index (χ3n) is 3.35. The van der Waals surface area contributed by atoms with Crippen LogP contribution in [0, 0.1) is 0 Å². The lowest BCUT2D eigenvalue weighted by molar-refractivity contribution is -0.115. The summed E-state index contributed by atoms with van der Waals surface area (Å²) in [5.74, 6) is 0.0274. The lowest BCUT2D eigenvalue weighted by Crippen LogP contribution is -2.34. The maximum Gasteiger partial charge on any atom is 0.228 e. The van der Waals surface area contributed by atoms with E-state index in [1.807, 2.05) is 12.1 Å². The van der Waals surface area contributed by atoms with Crippen molar-refractivity contribution in [1.82, 2.24) is 0 Å². The number of ether oxygens (including phenoxy) is 1. The van der Waals surface area contributed by atoms with Crippen molar-refractivity contribution in [3.8, 4) is 0 Å². The maximum atomic E-state index is 11.4. The summed E-state index contributed by atoms with van der Waals surface area (Å²) in [7, 11) is 1.69. The van der Waals surface area contributed by atoms with Crippen molar-refractivity contribution in [2.45, 2.75) is 26.3 Å². The molecule has 19 heavy (non-hydrogen) atoms. The zero-order valence-corrected chi connectivity index (χ0v) is 11.7. The Morgan fingerprint density at radius 1 is 1.47 bits per heavy atom. The van der Waals surface area contributed by atoms with Crippen LogP contribution in [0.25, 0.3) is 0 Å². The van der Waals surface area contributed by atoms with Crippen molar-refractivity contribution in [2.75, 3.05) is 36.2 Å². The normalized spacial score (nSPS) is 13.6. The number of benzene rings is 1. The number of carbonyl (C=O) groups is 1. The third-order valence-corrected chi connectivity index (χ3v) is 3.35. The highest BCUT2D eigenvalue weighted by molar-refractivity contribution is 6.00. The molecule has 0 saturated carbocycles. The summed E-state index contributed by atoms with van der Waals surface area (Å²) in [5, 5.41) is 2.86. The van der Waals surface area contributed by atoms with Gasteiger partial charge in [0, 0.05) is 25.4 Å². The molecule has 5 heteroatoms. The van der Waals surface area contributed by atoms with Gasteiger partial charge in [0.15, 0.2) is 0 Å². The number of hydrogen-bond donors (Lipinski definition) is 2. The Morgan fingerprint density at radius 3 is 2.84 bits per heavy atom. The van der Waals surface area contributed by atoms with E-state index in [1.54, 1.807) is 7.11 Å². The molecule has 1 heterocycles. The van der Waals surface area contributed by atoms with E-state index in [9.17, 15) is 4.79 Å². The average molecular weight is 263 g/mol. The second kappa shape index (κ2) is 5.48. The molecule has 2 rings (SSSR count). The molecule has 1 aliphatic rings. The lowest BCUT2D eigenvalue weighted by atomic mass is 10.1. The Hall–Kier alpha value is -1.75. The van der Waals surface area contributed by atoms with Gasteiger partial charge in [-0.2, -0.15) is 0 Å². The Balaban J connectivity index is 2.32. The molecule has 1 aliphatic heterocycles. The van der Waals surface area contributed by atoms with Crippen LogP contribution in [0.2, 0.25) is 0 Å². The summed E-state index contributed by atoms with van der Waals surface area (Å²) in [6, 6.07) is 4.17. The number of nitrogens with two attached hydrogens (primary N) is 1. The van der Waals surface area contributed by atoms with Gasteiger partial charge in [0.25, 0.3) is 0 Å².